The lowest BCUT2D eigenvalue weighted by Gasteiger charge is -2.31. The molecule has 1 saturated heterocycles. The van der Waals surface area contributed by atoms with Gasteiger partial charge >= 0.3 is 0 Å². The molecule has 84 valence electrons. The van der Waals surface area contributed by atoms with E-state index in [9.17, 15) is 5.11 Å². The molecule has 0 aromatic rings. The molecule has 3 nitrogen and oxygen atoms in total. The van der Waals surface area contributed by atoms with Gasteiger partial charge in [0.1, 0.15) is 0 Å². The van der Waals surface area contributed by atoms with Crippen LogP contribution in [0.25, 0.3) is 0 Å². The molecule has 1 aliphatic heterocycles. The van der Waals surface area contributed by atoms with Gasteiger partial charge in [-0.3, -0.25) is 0 Å². The van der Waals surface area contributed by atoms with Crippen molar-refractivity contribution in [1.82, 2.24) is 5.32 Å². The lowest BCUT2D eigenvalue weighted by molar-refractivity contribution is -0.0900. The highest BCUT2D eigenvalue weighted by Gasteiger charge is 2.27. The Morgan fingerprint density at radius 1 is 1.57 bits per heavy atom. The van der Waals surface area contributed by atoms with Crippen molar-refractivity contribution in [2.24, 2.45) is 5.92 Å². The number of aliphatic hydroxyl groups is 1. The maximum absolute atomic E-state index is 9.98. The largest absolute Gasteiger partial charge is 0.388 e. The lowest BCUT2D eigenvalue weighted by atomic mass is 9.93. The van der Waals surface area contributed by atoms with E-state index in [1.165, 1.54) is 6.42 Å². The molecule has 1 heterocycles. The molecule has 0 radical (unpaired) electrons. The van der Waals surface area contributed by atoms with Crippen LogP contribution in [0, 0.1) is 5.92 Å². The molecule has 14 heavy (non-hydrogen) atoms. The Bertz CT molecular complexity index is 163. The van der Waals surface area contributed by atoms with Crippen LogP contribution in [-0.2, 0) is 4.74 Å². The minimum Gasteiger partial charge on any atom is -0.388 e. The van der Waals surface area contributed by atoms with E-state index in [0.29, 0.717) is 6.61 Å². The Balaban J connectivity index is 2.24. The van der Waals surface area contributed by atoms with Gasteiger partial charge < -0.3 is 15.2 Å². The zero-order valence-electron chi connectivity index (χ0n) is 9.55. The Morgan fingerprint density at radius 2 is 2.29 bits per heavy atom. The highest BCUT2D eigenvalue weighted by Crippen LogP contribution is 2.18. The van der Waals surface area contributed by atoms with Crippen LogP contribution in [0.15, 0.2) is 0 Å². The van der Waals surface area contributed by atoms with Crippen molar-refractivity contribution in [2.45, 2.75) is 45.3 Å². The number of rotatable bonds is 4. The molecule has 1 fully saturated rings. The molecule has 2 unspecified atom stereocenters. The summed E-state index contributed by atoms with van der Waals surface area (Å²) in [6, 6.07) is 0. The quantitative estimate of drug-likeness (QED) is 0.717. The summed E-state index contributed by atoms with van der Waals surface area (Å²) in [4.78, 5) is 0. The first kappa shape index (κ1) is 12.0. The van der Waals surface area contributed by atoms with Gasteiger partial charge in [-0.15, -0.1) is 0 Å². The van der Waals surface area contributed by atoms with E-state index < -0.39 is 5.60 Å². The first-order chi connectivity index (χ1) is 6.52. The molecule has 0 aromatic heterocycles. The molecule has 0 aromatic carbocycles. The fourth-order valence-corrected chi connectivity index (χ4v) is 1.42. The Kier molecular flexibility index (Phi) is 4.35. The predicted molar refractivity (Wildman–Crippen MR) is 57.3 cm³/mol. The van der Waals surface area contributed by atoms with Gasteiger partial charge in [-0.25, -0.2) is 0 Å². The molecular formula is C11H23NO2. The molecule has 1 rings (SSSR count). The monoisotopic (exact) mass is 201 g/mol. The topological polar surface area (TPSA) is 41.5 Å². The molecule has 0 spiro atoms. The minimum absolute atomic E-state index is 0.235. The zero-order chi connectivity index (χ0) is 10.6. The van der Waals surface area contributed by atoms with Gasteiger partial charge in [0.25, 0.3) is 0 Å². The normalized spacial score (nSPS) is 27.6. The molecular weight excluding hydrogens is 178 g/mol. The van der Waals surface area contributed by atoms with Gasteiger partial charge in [0, 0.05) is 6.54 Å². The first-order valence-electron chi connectivity index (χ1n) is 5.57. The van der Waals surface area contributed by atoms with Crippen molar-refractivity contribution in [3.05, 3.63) is 0 Å². The van der Waals surface area contributed by atoms with Crippen LogP contribution in [0.3, 0.4) is 0 Å². The lowest BCUT2D eigenvalue weighted by Crippen LogP contribution is -2.42. The highest BCUT2D eigenvalue weighted by atomic mass is 16.5. The molecule has 2 N–H and O–H groups in total. The summed E-state index contributed by atoms with van der Waals surface area (Å²) in [6.45, 7) is 8.34. The first-order valence-corrected chi connectivity index (χ1v) is 5.57. The maximum Gasteiger partial charge on any atom is 0.0875 e. The molecule has 2 atom stereocenters. The summed E-state index contributed by atoms with van der Waals surface area (Å²) in [7, 11) is 0. The van der Waals surface area contributed by atoms with Crippen LogP contribution in [0.5, 0.6) is 0 Å². The Labute approximate surface area is 86.8 Å². The molecule has 0 saturated carbocycles. The average Bonchev–Trinajstić information content (AvgIpc) is 2.16. The maximum atomic E-state index is 9.98. The van der Waals surface area contributed by atoms with E-state index in [4.69, 9.17) is 4.74 Å². The third-order valence-corrected chi connectivity index (χ3v) is 3.11. The van der Waals surface area contributed by atoms with E-state index in [1.807, 2.05) is 20.8 Å². The van der Waals surface area contributed by atoms with Crippen molar-refractivity contribution < 1.29 is 9.84 Å². The highest BCUT2D eigenvalue weighted by molar-refractivity contribution is 4.77. The van der Waals surface area contributed by atoms with Crippen molar-refractivity contribution in [3.8, 4) is 0 Å². The van der Waals surface area contributed by atoms with E-state index in [2.05, 4.69) is 5.32 Å². The third-order valence-electron chi connectivity index (χ3n) is 3.11. The summed E-state index contributed by atoms with van der Waals surface area (Å²) in [5, 5.41) is 13.3. The Morgan fingerprint density at radius 3 is 2.79 bits per heavy atom. The summed E-state index contributed by atoms with van der Waals surface area (Å²) < 4.78 is 5.70. The fourth-order valence-electron chi connectivity index (χ4n) is 1.42. The van der Waals surface area contributed by atoms with Crippen LogP contribution in [0.2, 0.25) is 0 Å². The van der Waals surface area contributed by atoms with Crippen LogP contribution in [-0.4, -0.2) is 36.5 Å². The number of piperidine rings is 1. The zero-order valence-corrected chi connectivity index (χ0v) is 9.55. The summed E-state index contributed by atoms with van der Waals surface area (Å²) in [5.41, 5.74) is -0.697. The summed E-state index contributed by atoms with van der Waals surface area (Å²) in [6.07, 6.45) is 2.57. The van der Waals surface area contributed by atoms with Crippen molar-refractivity contribution in [2.75, 3.05) is 19.7 Å². The van der Waals surface area contributed by atoms with Crippen LogP contribution >= 0.6 is 0 Å². The number of nitrogens with one attached hydrogen (secondary N) is 1. The SMILES string of the molecule is CC(C)C(C)(O)COC1CCCNC1. The summed E-state index contributed by atoms with van der Waals surface area (Å²) >= 11 is 0. The van der Waals surface area contributed by atoms with Crippen molar-refractivity contribution in [3.63, 3.8) is 0 Å². The molecule has 1 aliphatic rings. The van der Waals surface area contributed by atoms with Gasteiger partial charge in [0.05, 0.1) is 18.3 Å². The molecule has 3 heteroatoms. The van der Waals surface area contributed by atoms with E-state index in [0.717, 1.165) is 19.5 Å². The summed E-state index contributed by atoms with van der Waals surface area (Å²) in [5.74, 6) is 0.235. The van der Waals surface area contributed by atoms with Gasteiger partial charge in [0.2, 0.25) is 0 Å². The fraction of sp³-hybridized carbons (Fsp3) is 1.00. The Hall–Kier alpha value is -0.120. The van der Waals surface area contributed by atoms with Gasteiger partial charge in [-0.05, 0) is 32.2 Å². The van der Waals surface area contributed by atoms with E-state index in [-0.39, 0.29) is 12.0 Å². The molecule has 0 amide bonds. The predicted octanol–water partition coefficient (Wildman–Crippen LogP) is 1.16. The molecule has 0 aliphatic carbocycles. The second-order valence-electron chi connectivity index (χ2n) is 4.79. The second kappa shape index (κ2) is 5.10. The third kappa shape index (κ3) is 3.56. The average molecular weight is 201 g/mol. The number of ether oxygens (including phenoxy) is 1. The second-order valence-corrected chi connectivity index (χ2v) is 4.79. The van der Waals surface area contributed by atoms with Crippen LogP contribution in [0.1, 0.15) is 33.6 Å². The van der Waals surface area contributed by atoms with E-state index >= 15 is 0 Å². The van der Waals surface area contributed by atoms with Crippen LogP contribution < -0.4 is 5.32 Å². The number of hydrogen-bond donors (Lipinski definition) is 2. The minimum atomic E-state index is -0.697. The smallest absolute Gasteiger partial charge is 0.0875 e. The van der Waals surface area contributed by atoms with Crippen molar-refractivity contribution >= 4 is 0 Å². The van der Waals surface area contributed by atoms with E-state index in [1.54, 1.807) is 0 Å². The standard InChI is InChI=1S/C11H23NO2/c1-9(2)11(3,13)8-14-10-5-4-6-12-7-10/h9-10,12-13H,4-8H2,1-3H3. The van der Waals surface area contributed by atoms with Crippen LogP contribution in [0.4, 0.5) is 0 Å². The van der Waals surface area contributed by atoms with Crippen molar-refractivity contribution in [1.29, 1.82) is 0 Å². The van der Waals surface area contributed by atoms with Gasteiger partial charge in [0.15, 0.2) is 0 Å². The molecule has 0 bridgehead atoms. The van der Waals surface area contributed by atoms with Gasteiger partial charge in [-0.2, -0.15) is 0 Å². The number of hydrogen-bond acceptors (Lipinski definition) is 3. The van der Waals surface area contributed by atoms with Gasteiger partial charge in [-0.1, -0.05) is 13.8 Å².